The summed E-state index contributed by atoms with van der Waals surface area (Å²) in [6.07, 6.45) is 2.05. The molecule has 4 aromatic rings. The lowest BCUT2D eigenvalue weighted by atomic mass is 10.2. The average molecular weight is 538 g/mol. The van der Waals surface area contributed by atoms with Gasteiger partial charge in [0.1, 0.15) is 10.8 Å². The van der Waals surface area contributed by atoms with Gasteiger partial charge in [0, 0.05) is 11.3 Å². The van der Waals surface area contributed by atoms with Crippen LogP contribution in [0.4, 0.5) is 5.13 Å². The van der Waals surface area contributed by atoms with E-state index in [1.165, 1.54) is 23.1 Å². The highest BCUT2D eigenvalue weighted by molar-refractivity contribution is 7.99. The maximum absolute atomic E-state index is 12.8. The predicted octanol–water partition coefficient (Wildman–Crippen LogP) is 4.27. The van der Waals surface area contributed by atoms with Crippen molar-refractivity contribution in [2.45, 2.75) is 38.4 Å². The number of para-hydroxylation sites is 1. The minimum atomic E-state index is -0.233. The summed E-state index contributed by atoms with van der Waals surface area (Å²) in [6.45, 7) is 4.74. The normalized spacial score (nSPS) is 10.8. The van der Waals surface area contributed by atoms with E-state index in [0.29, 0.717) is 28.3 Å². The first-order valence-electron chi connectivity index (χ1n) is 11.8. The molecule has 2 N–H and O–H groups in total. The Balaban J connectivity index is 1.41. The Morgan fingerprint density at radius 2 is 1.81 bits per heavy atom. The molecule has 10 nitrogen and oxygen atoms in total. The number of rotatable bonds is 12. The highest BCUT2D eigenvalue weighted by Gasteiger charge is 2.17. The van der Waals surface area contributed by atoms with E-state index in [4.69, 9.17) is 4.74 Å². The molecule has 0 unspecified atom stereocenters. The molecule has 0 radical (unpaired) electrons. The van der Waals surface area contributed by atoms with Crippen LogP contribution in [0.15, 0.2) is 59.8 Å². The molecule has 0 saturated carbocycles. The van der Waals surface area contributed by atoms with Crippen LogP contribution in [0.5, 0.6) is 5.75 Å². The van der Waals surface area contributed by atoms with Crippen molar-refractivity contribution in [1.29, 1.82) is 0 Å². The van der Waals surface area contributed by atoms with Gasteiger partial charge in [-0.2, -0.15) is 0 Å². The zero-order valence-electron chi connectivity index (χ0n) is 20.5. The first-order valence-corrected chi connectivity index (χ1v) is 13.6. The van der Waals surface area contributed by atoms with Gasteiger partial charge in [-0.1, -0.05) is 54.6 Å². The van der Waals surface area contributed by atoms with Crippen molar-refractivity contribution in [3.63, 3.8) is 0 Å². The fourth-order valence-corrected chi connectivity index (χ4v) is 4.65. The Morgan fingerprint density at radius 3 is 2.51 bits per heavy atom. The number of aromatic nitrogens is 5. The van der Waals surface area contributed by atoms with Crippen molar-refractivity contribution in [3.8, 4) is 11.4 Å². The lowest BCUT2D eigenvalue weighted by Crippen LogP contribution is -2.24. The van der Waals surface area contributed by atoms with Crippen LogP contribution in [0.3, 0.4) is 0 Å². The number of carbonyl (C=O) groups excluding carboxylic acids is 2. The van der Waals surface area contributed by atoms with E-state index in [1.807, 2.05) is 41.8 Å². The number of aryl methyl sites for hydroxylation is 1. The molecular weight excluding hydrogens is 510 g/mol. The average Bonchev–Trinajstić information content (AvgIpc) is 3.52. The molecule has 192 valence electrons. The minimum Gasteiger partial charge on any atom is -0.494 e. The van der Waals surface area contributed by atoms with Gasteiger partial charge < -0.3 is 10.1 Å². The van der Waals surface area contributed by atoms with Gasteiger partial charge >= 0.3 is 0 Å². The lowest BCUT2D eigenvalue weighted by molar-refractivity contribution is -0.113. The molecule has 0 spiro atoms. The minimum absolute atomic E-state index is 0.114. The fraction of sp³-hybridized carbons (Fsp3) is 0.280. The maximum atomic E-state index is 12.8. The standard InChI is InChI=1S/C25H27N7O3S2/c1-3-4-14-35-20-12-10-18(11-13-20)23(34)26-15-21-29-31-25(32(21)19-8-6-5-7-9-19)36-16-22(33)27-24-30-28-17(2)37-24/h5-13H,3-4,14-16H2,1-2H3,(H,26,34)(H,27,30,33). The maximum Gasteiger partial charge on any atom is 0.251 e. The van der Waals surface area contributed by atoms with Crippen LogP contribution in [0.1, 0.15) is 41.0 Å². The quantitative estimate of drug-likeness (QED) is 0.203. The number of ether oxygens (including phenoxy) is 1. The number of thioether (sulfide) groups is 1. The second-order valence-electron chi connectivity index (χ2n) is 7.94. The van der Waals surface area contributed by atoms with Gasteiger partial charge in [-0.3, -0.25) is 19.5 Å². The Labute approximate surface area is 222 Å². The van der Waals surface area contributed by atoms with Crippen LogP contribution < -0.4 is 15.4 Å². The summed E-state index contributed by atoms with van der Waals surface area (Å²) >= 11 is 2.55. The van der Waals surface area contributed by atoms with Crippen LogP contribution in [-0.4, -0.2) is 49.1 Å². The number of amides is 2. The summed E-state index contributed by atoms with van der Waals surface area (Å²) in [4.78, 5) is 25.2. The van der Waals surface area contributed by atoms with Gasteiger partial charge in [0.25, 0.3) is 5.91 Å². The number of benzene rings is 2. The van der Waals surface area contributed by atoms with Crippen LogP contribution >= 0.6 is 23.1 Å². The molecule has 0 aliphatic rings. The number of nitrogens with zero attached hydrogens (tertiary/aromatic N) is 5. The van der Waals surface area contributed by atoms with Crippen molar-refractivity contribution >= 4 is 40.0 Å². The third-order valence-corrected chi connectivity index (χ3v) is 6.79. The fourth-order valence-electron chi connectivity index (χ4n) is 3.28. The Bertz CT molecular complexity index is 1320. The summed E-state index contributed by atoms with van der Waals surface area (Å²) in [5.74, 6) is 0.940. The lowest BCUT2D eigenvalue weighted by Gasteiger charge is -2.11. The monoisotopic (exact) mass is 537 g/mol. The van der Waals surface area contributed by atoms with Gasteiger partial charge in [0.05, 0.1) is 18.9 Å². The van der Waals surface area contributed by atoms with Gasteiger partial charge in [-0.15, -0.1) is 20.4 Å². The Morgan fingerprint density at radius 1 is 1.03 bits per heavy atom. The second kappa shape index (κ2) is 13.0. The van der Waals surface area contributed by atoms with E-state index in [9.17, 15) is 9.59 Å². The molecule has 2 amide bonds. The smallest absolute Gasteiger partial charge is 0.251 e. The molecule has 0 aliphatic carbocycles. The van der Waals surface area contributed by atoms with Crippen LogP contribution in [0.2, 0.25) is 0 Å². The number of anilines is 1. The van der Waals surface area contributed by atoms with E-state index in [-0.39, 0.29) is 24.1 Å². The summed E-state index contributed by atoms with van der Waals surface area (Å²) in [5.41, 5.74) is 1.35. The molecule has 37 heavy (non-hydrogen) atoms. The Kier molecular flexibility index (Phi) is 9.22. The number of hydrogen-bond donors (Lipinski definition) is 2. The van der Waals surface area contributed by atoms with Crippen LogP contribution in [0, 0.1) is 6.92 Å². The van der Waals surface area contributed by atoms with Crippen LogP contribution in [-0.2, 0) is 11.3 Å². The molecule has 12 heteroatoms. The van der Waals surface area contributed by atoms with Gasteiger partial charge in [-0.05, 0) is 49.7 Å². The van der Waals surface area contributed by atoms with E-state index in [2.05, 4.69) is 38.0 Å². The van der Waals surface area contributed by atoms with Crippen molar-refractivity contribution in [1.82, 2.24) is 30.3 Å². The number of carbonyl (C=O) groups is 2. The van der Waals surface area contributed by atoms with Gasteiger partial charge in [0.15, 0.2) is 11.0 Å². The van der Waals surface area contributed by atoms with Crippen molar-refractivity contribution < 1.29 is 14.3 Å². The first kappa shape index (κ1) is 26.3. The van der Waals surface area contributed by atoms with Crippen molar-refractivity contribution in [2.24, 2.45) is 0 Å². The predicted molar refractivity (Wildman–Crippen MR) is 143 cm³/mol. The van der Waals surface area contributed by atoms with E-state index in [1.54, 1.807) is 24.3 Å². The van der Waals surface area contributed by atoms with Crippen LogP contribution in [0.25, 0.3) is 5.69 Å². The Hall–Kier alpha value is -3.77. The first-order chi connectivity index (χ1) is 18.0. The largest absolute Gasteiger partial charge is 0.494 e. The summed E-state index contributed by atoms with van der Waals surface area (Å²) in [5, 5.41) is 23.8. The molecule has 0 fully saturated rings. The summed E-state index contributed by atoms with van der Waals surface area (Å²) in [6, 6.07) is 16.6. The van der Waals surface area contributed by atoms with E-state index >= 15 is 0 Å². The van der Waals surface area contributed by atoms with Crippen molar-refractivity contribution in [2.75, 3.05) is 17.7 Å². The number of unbranched alkanes of at least 4 members (excludes halogenated alkanes) is 1. The highest BCUT2D eigenvalue weighted by atomic mass is 32.2. The molecule has 2 aromatic heterocycles. The third kappa shape index (κ3) is 7.37. The van der Waals surface area contributed by atoms with E-state index in [0.717, 1.165) is 29.3 Å². The summed E-state index contributed by atoms with van der Waals surface area (Å²) in [7, 11) is 0. The molecule has 0 saturated heterocycles. The number of hydrogen-bond acceptors (Lipinski definition) is 9. The van der Waals surface area contributed by atoms with Gasteiger partial charge in [-0.25, -0.2) is 0 Å². The topological polar surface area (TPSA) is 124 Å². The zero-order chi connectivity index (χ0) is 26.0. The summed E-state index contributed by atoms with van der Waals surface area (Å²) < 4.78 is 7.49. The molecule has 4 rings (SSSR count). The molecule has 0 bridgehead atoms. The third-order valence-electron chi connectivity index (χ3n) is 5.11. The molecule has 0 atom stereocenters. The SMILES string of the molecule is CCCCOc1ccc(C(=O)NCc2nnc(SCC(=O)Nc3nnc(C)s3)n2-c2ccccc2)cc1. The van der Waals surface area contributed by atoms with Gasteiger partial charge in [0.2, 0.25) is 11.0 Å². The second-order valence-corrected chi connectivity index (χ2v) is 10.1. The number of nitrogens with one attached hydrogen (secondary N) is 2. The molecule has 0 aliphatic heterocycles. The molecular formula is C25H27N7O3S2. The molecule has 2 heterocycles. The van der Waals surface area contributed by atoms with E-state index < -0.39 is 0 Å². The zero-order valence-corrected chi connectivity index (χ0v) is 22.1. The highest BCUT2D eigenvalue weighted by Crippen LogP contribution is 2.23. The van der Waals surface area contributed by atoms with Crippen molar-refractivity contribution in [3.05, 3.63) is 71.0 Å². The molecule has 2 aromatic carbocycles.